The first-order valence-corrected chi connectivity index (χ1v) is 3.15. The summed E-state index contributed by atoms with van der Waals surface area (Å²) in [4.78, 5) is -0.778. The van der Waals surface area contributed by atoms with Crippen LogP contribution < -0.4 is 0 Å². The van der Waals surface area contributed by atoms with Gasteiger partial charge in [0.05, 0.1) is 0 Å². The number of hydrogen-bond donors (Lipinski definition) is 2. The minimum atomic E-state index is -0.778. The summed E-state index contributed by atoms with van der Waals surface area (Å²) in [5.41, 5.74) is -0.516. The zero-order valence-corrected chi connectivity index (χ0v) is 4.90. The first-order valence-electron chi connectivity index (χ1n) is 2.27. The molecule has 2 N–H and O–H groups in total. The van der Waals surface area contributed by atoms with Gasteiger partial charge in [0.25, 0.3) is 0 Å². The molecule has 2 unspecified atom stereocenters. The van der Waals surface area contributed by atoms with Gasteiger partial charge in [-0.2, -0.15) is 0 Å². The number of aliphatic hydroxyl groups is 2. The second-order valence-corrected chi connectivity index (χ2v) is 3.06. The van der Waals surface area contributed by atoms with E-state index in [9.17, 15) is 0 Å². The van der Waals surface area contributed by atoms with Crippen molar-refractivity contribution in [2.24, 2.45) is 0 Å². The van der Waals surface area contributed by atoms with Gasteiger partial charge < -0.3 is 10.2 Å². The molecule has 7 heavy (non-hydrogen) atoms. The smallest absolute Gasteiger partial charge is 0.147 e. The lowest BCUT2D eigenvalue weighted by Gasteiger charge is -1.96. The van der Waals surface area contributed by atoms with Crippen molar-refractivity contribution >= 4 is 11.8 Å². The van der Waals surface area contributed by atoms with Gasteiger partial charge in [0, 0.05) is 0 Å². The fourth-order valence-corrected chi connectivity index (χ4v) is 1.07. The summed E-state index contributed by atoms with van der Waals surface area (Å²) in [6.45, 7) is 1.85. The number of hydrogen-bond acceptors (Lipinski definition) is 3. The molecule has 2 nitrogen and oxygen atoms in total. The summed E-state index contributed by atoms with van der Waals surface area (Å²) in [5, 5.41) is 17.5. The van der Waals surface area contributed by atoms with E-state index in [0.717, 1.165) is 0 Å². The standard InChI is InChI=1S/C4H8O2S/c1-2-4(6)3(5)7-4/h3,5-6H,2H2,1H3. The van der Waals surface area contributed by atoms with E-state index in [4.69, 9.17) is 10.2 Å². The van der Waals surface area contributed by atoms with Crippen LogP contribution in [0.5, 0.6) is 0 Å². The monoisotopic (exact) mass is 120 g/mol. The Morgan fingerprint density at radius 1 is 1.86 bits per heavy atom. The zero-order valence-electron chi connectivity index (χ0n) is 4.09. The molecule has 0 bridgehead atoms. The predicted octanol–water partition coefficient (Wildman–Crippen LogP) is 0.150. The fourth-order valence-electron chi connectivity index (χ4n) is 0.417. The highest BCUT2D eigenvalue weighted by atomic mass is 32.2. The van der Waals surface area contributed by atoms with E-state index in [1.54, 1.807) is 0 Å². The summed E-state index contributed by atoms with van der Waals surface area (Å²) >= 11 is 1.20. The van der Waals surface area contributed by atoms with Crippen LogP contribution in [0.25, 0.3) is 0 Å². The van der Waals surface area contributed by atoms with Gasteiger partial charge in [-0.1, -0.05) is 18.7 Å². The van der Waals surface area contributed by atoms with Gasteiger partial charge >= 0.3 is 0 Å². The molecule has 0 spiro atoms. The Labute approximate surface area is 46.5 Å². The molecule has 1 saturated heterocycles. The molecule has 0 aromatic rings. The highest BCUT2D eigenvalue weighted by Crippen LogP contribution is 2.51. The first-order chi connectivity index (χ1) is 3.19. The third-order valence-electron chi connectivity index (χ3n) is 1.15. The highest BCUT2D eigenvalue weighted by Gasteiger charge is 2.51. The molecule has 0 aromatic heterocycles. The van der Waals surface area contributed by atoms with Gasteiger partial charge in [-0.05, 0) is 6.42 Å². The van der Waals surface area contributed by atoms with Crippen molar-refractivity contribution in [3.05, 3.63) is 0 Å². The van der Waals surface area contributed by atoms with E-state index in [1.807, 2.05) is 6.92 Å². The fraction of sp³-hybridized carbons (Fsp3) is 1.00. The molecule has 1 heterocycles. The van der Waals surface area contributed by atoms with Gasteiger partial charge in [-0.3, -0.25) is 0 Å². The quantitative estimate of drug-likeness (QED) is 0.484. The van der Waals surface area contributed by atoms with Gasteiger partial charge in [0.15, 0.2) is 0 Å². The Hall–Kier alpha value is 0.270. The average molecular weight is 120 g/mol. The summed E-state index contributed by atoms with van der Waals surface area (Å²) in [5.74, 6) is 0. The maximum Gasteiger partial charge on any atom is 0.147 e. The van der Waals surface area contributed by atoms with Crippen molar-refractivity contribution in [3.63, 3.8) is 0 Å². The predicted molar refractivity (Wildman–Crippen MR) is 28.8 cm³/mol. The van der Waals surface area contributed by atoms with Gasteiger partial charge in [-0.25, -0.2) is 0 Å². The molecule has 0 aromatic carbocycles. The van der Waals surface area contributed by atoms with Crippen molar-refractivity contribution in [3.8, 4) is 0 Å². The lowest BCUT2D eigenvalue weighted by molar-refractivity contribution is 0.0881. The van der Waals surface area contributed by atoms with Crippen LogP contribution in [0.4, 0.5) is 0 Å². The molecule has 0 amide bonds. The minimum Gasteiger partial charge on any atom is -0.378 e. The minimum absolute atomic E-state index is 0.516. The summed E-state index contributed by atoms with van der Waals surface area (Å²) in [6, 6.07) is 0. The lowest BCUT2D eigenvalue weighted by Crippen LogP contribution is -2.09. The Morgan fingerprint density at radius 3 is 2.29 bits per heavy atom. The molecule has 1 aliphatic rings. The van der Waals surface area contributed by atoms with E-state index in [0.29, 0.717) is 6.42 Å². The van der Waals surface area contributed by atoms with Crippen LogP contribution in [-0.4, -0.2) is 20.6 Å². The van der Waals surface area contributed by atoms with E-state index in [-0.39, 0.29) is 0 Å². The molecule has 0 saturated carbocycles. The van der Waals surface area contributed by atoms with Crippen molar-refractivity contribution in [1.82, 2.24) is 0 Å². The topological polar surface area (TPSA) is 40.5 Å². The van der Waals surface area contributed by atoms with Gasteiger partial charge in [0.2, 0.25) is 0 Å². The SMILES string of the molecule is CCC1(O)SC1O. The highest BCUT2D eigenvalue weighted by molar-refractivity contribution is 8.08. The van der Waals surface area contributed by atoms with Crippen LogP contribution in [-0.2, 0) is 0 Å². The molecule has 1 fully saturated rings. The van der Waals surface area contributed by atoms with Crippen LogP contribution in [0.15, 0.2) is 0 Å². The van der Waals surface area contributed by atoms with Crippen LogP contribution in [0.2, 0.25) is 0 Å². The third-order valence-corrected chi connectivity index (χ3v) is 2.43. The molecule has 0 radical (unpaired) electrons. The molecule has 3 heteroatoms. The molecular formula is C4H8O2S. The number of thioether (sulfide) groups is 1. The van der Waals surface area contributed by atoms with Crippen LogP contribution in [0, 0.1) is 0 Å². The van der Waals surface area contributed by atoms with E-state index in [1.165, 1.54) is 11.8 Å². The van der Waals surface area contributed by atoms with Crippen molar-refractivity contribution < 1.29 is 10.2 Å². The van der Waals surface area contributed by atoms with Gasteiger partial charge in [0.1, 0.15) is 10.4 Å². The van der Waals surface area contributed by atoms with Crippen molar-refractivity contribution in [2.45, 2.75) is 23.7 Å². The Morgan fingerprint density at radius 2 is 2.29 bits per heavy atom. The zero-order chi connectivity index (χ0) is 5.49. The van der Waals surface area contributed by atoms with Crippen LogP contribution in [0.1, 0.15) is 13.3 Å². The molecule has 1 aliphatic heterocycles. The lowest BCUT2D eigenvalue weighted by atomic mass is 10.3. The number of aliphatic hydroxyl groups excluding tert-OH is 1. The van der Waals surface area contributed by atoms with Crippen LogP contribution >= 0.6 is 11.8 Å². The second-order valence-electron chi connectivity index (χ2n) is 1.67. The molecule has 1 rings (SSSR count). The molecular weight excluding hydrogens is 112 g/mol. The summed E-state index contributed by atoms with van der Waals surface area (Å²) < 4.78 is 0. The third kappa shape index (κ3) is 0.759. The normalized spacial score (nSPS) is 49.3. The molecule has 0 aliphatic carbocycles. The van der Waals surface area contributed by atoms with Crippen molar-refractivity contribution in [1.29, 1.82) is 0 Å². The first kappa shape index (κ1) is 5.41. The van der Waals surface area contributed by atoms with E-state index < -0.39 is 10.4 Å². The second kappa shape index (κ2) is 1.37. The largest absolute Gasteiger partial charge is 0.378 e. The van der Waals surface area contributed by atoms with E-state index in [2.05, 4.69) is 0 Å². The maximum absolute atomic E-state index is 8.92. The summed E-state index contributed by atoms with van der Waals surface area (Å²) in [6.07, 6.45) is 0.638. The summed E-state index contributed by atoms with van der Waals surface area (Å²) in [7, 11) is 0. The Kier molecular flexibility index (Phi) is 1.06. The van der Waals surface area contributed by atoms with Crippen LogP contribution in [0.3, 0.4) is 0 Å². The average Bonchev–Trinajstić information content (AvgIpc) is 2.18. The molecule has 2 atom stereocenters. The maximum atomic E-state index is 8.92. The molecule has 42 valence electrons. The van der Waals surface area contributed by atoms with E-state index >= 15 is 0 Å². The Bertz CT molecular complexity index is 81.8. The number of rotatable bonds is 1. The van der Waals surface area contributed by atoms with Crippen molar-refractivity contribution in [2.75, 3.05) is 0 Å². The Balaban J connectivity index is 2.36. The van der Waals surface area contributed by atoms with Gasteiger partial charge in [-0.15, -0.1) is 0 Å².